The zero-order valence-corrected chi connectivity index (χ0v) is 20.4. The largest absolute Gasteiger partial charge is 0.354 e. The number of carbonyl (C=O) groups excluding carboxylic acids is 3. The highest BCUT2D eigenvalue weighted by atomic mass is 16.2. The van der Waals surface area contributed by atoms with E-state index in [1.165, 1.54) is 0 Å². The van der Waals surface area contributed by atoms with Gasteiger partial charge in [-0.15, -0.1) is 5.10 Å². The first kappa shape index (κ1) is 25.1. The number of amides is 3. The maximum Gasteiger partial charge on any atom is 0.251 e. The number of rotatable bonds is 7. The number of aromatic nitrogens is 2. The number of piperidine rings is 1. The van der Waals surface area contributed by atoms with E-state index >= 15 is 0 Å². The molecule has 9 heteroatoms. The minimum atomic E-state index is -0.495. The van der Waals surface area contributed by atoms with Crippen LogP contribution >= 0.6 is 0 Å². The molecule has 182 valence electrons. The Morgan fingerprint density at radius 2 is 1.71 bits per heavy atom. The van der Waals surface area contributed by atoms with Gasteiger partial charge in [-0.3, -0.25) is 14.4 Å². The number of carbonyl (C=O) groups is 3. The Kier molecular flexibility index (Phi) is 8.20. The lowest BCUT2D eigenvalue weighted by atomic mass is 9.95. The van der Waals surface area contributed by atoms with Crippen molar-refractivity contribution in [2.45, 2.75) is 40.5 Å². The maximum absolute atomic E-state index is 12.6. The van der Waals surface area contributed by atoms with Gasteiger partial charge in [-0.1, -0.05) is 20.8 Å². The third-order valence-corrected chi connectivity index (χ3v) is 5.70. The summed E-state index contributed by atoms with van der Waals surface area (Å²) in [5, 5.41) is 16.9. The maximum atomic E-state index is 12.6. The summed E-state index contributed by atoms with van der Waals surface area (Å²) in [7, 11) is 0. The summed E-state index contributed by atoms with van der Waals surface area (Å²) >= 11 is 0. The Hall–Kier alpha value is -3.49. The van der Waals surface area contributed by atoms with E-state index in [1.807, 2.05) is 39.8 Å². The van der Waals surface area contributed by atoms with Crippen LogP contribution in [-0.4, -0.2) is 54.1 Å². The molecule has 1 fully saturated rings. The smallest absolute Gasteiger partial charge is 0.251 e. The molecule has 1 aromatic carbocycles. The standard InChI is InChI=1S/C25H34N6O3/c1-17-7-12-21(30-29-17)31-15-5-6-19(16-31)23(33)27-14-13-26-22(32)18-8-10-20(11-9-18)28-24(34)25(2,3)4/h7-12,19H,5-6,13-16H2,1-4H3,(H,26,32)(H,27,33)(H,28,34). The molecule has 2 heterocycles. The van der Waals surface area contributed by atoms with E-state index in [9.17, 15) is 14.4 Å². The van der Waals surface area contributed by atoms with Crippen LogP contribution in [0.3, 0.4) is 0 Å². The zero-order valence-electron chi connectivity index (χ0n) is 20.4. The molecule has 0 aliphatic carbocycles. The fraction of sp³-hybridized carbons (Fsp3) is 0.480. The monoisotopic (exact) mass is 466 g/mol. The van der Waals surface area contributed by atoms with Gasteiger partial charge in [0.2, 0.25) is 11.8 Å². The Labute approximate surface area is 200 Å². The molecule has 0 spiro atoms. The number of benzene rings is 1. The average molecular weight is 467 g/mol. The summed E-state index contributed by atoms with van der Waals surface area (Å²) in [5.41, 5.74) is 1.50. The van der Waals surface area contributed by atoms with Crippen LogP contribution in [0.25, 0.3) is 0 Å². The second kappa shape index (κ2) is 11.1. The van der Waals surface area contributed by atoms with Crippen LogP contribution < -0.4 is 20.9 Å². The van der Waals surface area contributed by atoms with Crippen molar-refractivity contribution in [3.8, 4) is 0 Å². The SMILES string of the molecule is Cc1ccc(N2CCCC(C(=O)NCCNC(=O)c3ccc(NC(=O)C(C)(C)C)cc3)C2)nn1. The van der Waals surface area contributed by atoms with E-state index in [4.69, 9.17) is 0 Å². The molecule has 9 nitrogen and oxygen atoms in total. The fourth-order valence-electron chi connectivity index (χ4n) is 3.59. The Balaban J connectivity index is 1.40. The topological polar surface area (TPSA) is 116 Å². The van der Waals surface area contributed by atoms with Crippen LogP contribution in [-0.2, 0) is 9.59 Å². The van der Waals surface area contributed by atoms with Crippen molar-refractivity contribution in [2.75, 3.05) is 36.4 Å². The predicted molar refractivity (Wildman–Crippen MR) is 132 cm³/mol. The molecule has 0 saturated carbocycles. The van der Waals surface area contributed by atoms with Crippen LogP contribution in [0.4, 0.5) is 11.5 Å². The van der Waals surface area contributed by atoms with E-state index < -0.39 is 5.41 Å². The number of hydrogen-bond acceptors (Lipinski definition) is 6. The van der Waals surface area contributed by atoms with Crippen molar-refractivity contribution in [1.29, 1.82) is 0 Å². The molecule has 1 atom stereocenters. The molecule has 0 radical (unpaired) electrons. The van der Waals surface area contributed by atoms with Crippen LogP contribution in [0.5, 0.6) is 0 Å². The number of nitrogens with one attached hydrogen (secondary N) is 3. The van der Waals surface area contributed by atoms with E-state index in [1.54, 1.807) is 24.3 Å². The first-order chi connectivity index (χ1) is 16.1. The number of nitrogens with zero attached hydrogens (tertiary/aromatic N) is 3. The lowest BCUT2D eigenvalue weighted by molar-refractivity contribution is -0.125. The van der Waals surface area contributed by atoms with Crippen molar-refractivity contribution in [3.63, 3.8) is 0 Å². The number of aryl methyl sites for hydroxylation is 1. The molecule has 34 heavy (non-hydrogen) atoms. The summed E-state index contributed by atoms with van der Waals surface area (Å²) < 4.78 is 0. The van der Waals surface area contributed by atoms with Gasteiger partial charge in [0, 0.05) is 42.8 Å². The molecule has 3 amide bonds. The zero-order chi connectivity index (χ0) is 24.7. The summed E-state index contributed by atoms with van der Waals surface area (Å²) in [6.45, 7) is 9.55. The van der Waals surface area contributed by atoms with Gasteiger partial charge < -0.3 is 20.9 Å². The molecular weight excluding hydrogens is 432 g/mol. The Morgan fingerprint density at radius 1 is 1.00 bits per heavy atom. The molecule has 1 aliphatic heterocycles. The fourth-order valence-corrected chi connectivity index (χ4v) is 3.59. The van der Waals surface area contributed by atoms with Crippen molar-refractivity contribution in [1.82, 2.24) is 20.8 Å². The third kappa shape index (κ3) is 7.00. The second-order valence-corrected chi connectivity index (χ2v) is 9.65. The van der Waals surface area contributed by atoms with Gasteiger partial charge in [-0.2, -0.15) is 5.10 Å². The van der Waals surface area contributed by atoms with Crippen LogP contribution in [0.2, 0.25) is 0 Å². The molecule has 1 saturated heterocycles. The van der Waals surface area contributed by atoms with Crippen LogP contribution in [0.15, 0.2) is 36.4 Å². The van der Waals surface area contributed by atoms with Gasteiger partial charge in [0.25, 0.3) is 5.91 Å². The average Bonchev–Trinajstić information content (AvgIpc) is 2.82. The second-order valence-electron chi connectivity index (χ2n) is 9.65. The Morgan fingerprint density at radius 3 is 2.35 bits per heavy atom. The molecule has 1 aliphatic rings. The number of anilines is 2. The van der Waals surface area contributed by atoms with Gasteiger partial charge >= 0.3 is 0 Å². The normalized spacial score (nSPS) is 16.0. The summed E-state index contributed by atoms with van der Waals surface area (Å²) in [6, 6.07) is 10.6. The molecule has 1 unspecified atom stereocenters. The van der Waals surface area contributed by atoms with Gasteiger partial charge in [0.05, 0.1) is 11.6 Å². The highest BCUT2D eigenvalue weighted by Crippen LogP contribution is 2.21. The van der Waals surface area contributed by atoms with Gasteiger partial charge in [0.1, 0.15) is 0 Å². The minimum absolute atomic E-state index is 0.0158. The van der Waals surface area contributed by atoms with Crippen molar-refractivity contribution >= 4 is 29.2 Å². The van der Waals surface area contributed by atoms with Crippen molar-refractivity contribution < 1.29 is 14.4 Å². The van der Waals surface area contributed by atoms with E-state index in [0.717, 1.165) is 30.9 Å². The van der Waals surface area contributed by atoms with E-state index in [2.05, 4.69) is 31.0 Å². The van der Waals surface area contributed by atoms with Gasteiger partial charge in [-0.25, -0.2) is 0 Å². The molecule has 2 aromatic rings. The third-order valence-electron chi connectivity index (χ3n) is 5.70. The molecule has 3 rings (SSSR count). The summed E-state index contributed by atoms with van der Waals surface area (Å²) in [4.78, 5) is 39.2. The van der Waals surface area contributed by atoms with Crippen LogP contribution in [0, 0.1) is 18.3 Å². The predicted octanol–water partition coefficient (Wildman–Crippen LogP) is 2.53. The van der Waals surface area contributed by atoms with E-state index in [-0.39, 0.29) is 23.6 Å². The highest BCUT2D eigenvalue weighted by Gasteiger charge is 2.26. The van der Waals surface area contributed by atoms with Gasteiger partial charge in [0.15, 0.2) is 5.82 Å². The first-order valence-electron chi connectivity index (χ1n) is 11.7. The highest BCUT2D eigenvalue weighted by molar-refractivity contribution is 5.97. The summed E-state index contributed by atoms with van der Waals surface area (Å²) in [5.74, 6) is 0.332. The first-order valence-corrected chi connectivity index (χ1v) is 11.7. The molecule has 3 N–H and O–H groups in total. The minimum Gasteiger partial charge on any atom is -0.354 e. The molecular formula is C25H34N6O3. The van der Waals surface area contributed by atoms with Gasteiger partial charge in [-0.05, 0) is 56.2 Å². The van der Waals surface area contributed by atoms with Crippen molar-refractivity contribution in [2.24, 2.45) is 11.3 Å². The Bertz CT molecular complexity index is 999. The van der Waals surface area contributed by atoms with E-state index in [0.29, 0.717) is 30.9 Å². The molecule has 0 bridgehead atoms. The number of hydrogen-bond donors (Lipinski definition) is 3. The lowest BCUT2D eigenvalue weighted by Crippen LogP contribution is -2.45. The molecule has 1 aromatic heterocycles. The van der Waals surface area contributed by atoms with Crippen LogP contribution in [0.1, 0.15) is 49.7 Å². The quantitative estimate of drug-likeness (QED) is 0.540. The van der Waals surface area contributed by atoms with Crippen molar-refractivity contribution in [3.05, 3.63) is 47.7 Å². The summed E-state index contributed by atoms with van der Waals surface area (Å²) in [6.07, 6.45) is 1.74. The lowest BCUT2D eigenvalue weighted by Gasteiger charge is -2.32.